The highest BCUT2D eigenvalue weighted by Crippen LogP contribution is 2.00. The smallest absolute Gasteiger partial charge is 0.276 e. The Morgan fingerprint density at radius 2 is 2.44 bits per heavy atom. The lowest BCUT2D eigenvalue weighted by Gasteiger charge is -1.86. The Morgan fingerprint density at radius 3 is 2.67 bits per heavy atom. The topological polar surface area (TPSA) is 67.5 Å². The molecular formula is C5H7N3O. The fourth-order valence-electron chi connectivity index (χ4n) is 0.584. The summed E-state index contributed by atoms with van der Waals surface area (Å²) in [5.41, 5.74) is 5.55. The van der Waals surface area contributed by atoms with E-state index in [1.807, 2.05) is 0 Å². The van der Waals surface area contributed by atoms with Crippen LogP contribution in [0.4, 0.5) is 0 Å². The maximum Gasteiger partial charge on any atom is 0.276 e. The molecule has 0 atom stereocenters. The Labute approximate surface area is 52.5 Å². The van der Waals surface area contributed by atoms with E-state index in [-0.39, 0.29) is 11.9 Å². The summed E-state index contributed by atoms with van der Waals surface area (Å²) in [6.07, 6.45) is 1.61. The number of hydrogen-bond donors (Lipinski definition) is 2. The zero-order chi connectivity index (χ0) is 6.85. The lowest BCUT2D eigenvalue weighted by Crippen LogP contribution is -2.30. The highest BCUT2D eigenvalue weighted by atomic mass is 16.2. The summed E-state index contributed by atoms with van der Waals surface area (Å²) < 4.78 is 0. The van der Waals surface area contributed by atoms with Gasteiger partial charge in [0.25, 0.3) is 5.91 Å². The molecule has 0 unspecified atom stereocenters. The number of aliphatic imine (C=N–C) groups is 1. The predicted octanol–water partition coefficient (Wildman–Crippen LogP) is -0.665. The largest absolute Gasteiger partial charge is 0.369 e. The average molecular weight is 125 g/mol. The van der Waals surface area contributed by atoms with Crippen LogP contribution >= 0.6 is 0 Å². The van der Waals surface area contributed by atoms with Crippen molar-refractivity contribution in [3.63, 3.8) is 0 Å². The third kappa shape index (κ3) is 0.910. The van der Waals surface area contributed by atoms with E-state index in [1.54, 1.807) is 13.0 Å². The second kappa shape index (κ2) is 1.89. The van der Waals surface area contributed by atoms with Crippen LogP contribution in [0.2, 0.25) is 0 Å². The average Bonchev–Trinajstić information content (AvgIpc) is 2.10. The maximum absolute atomic E-state index is 10.6. The molecule has 1 rings (SSSR count). The molecule has 0 fully saturated rings. The Balaban J connectivity index is 2.89. The summed E-state index contributed by atoms with van der Waals surface area (Å²) in [7, 11) is 0. The van der Waals surface area contributed by atoms with Crippen molar-refractivity contribution in [2.45, 2.75) is 6.92 Å². The molecule has 4 heteroatoms. The van der Waals surface area contributed by atoms with E-state index < -0.39 is 0 Å². The number of carbonyl (C=O) groups is 1. The van der Waals surface area contributed by atoms with Crippen molar-refractivity contribution in [2.24, 2.45) is 10.7 Å². The first-order valence-electron chi connectivity index (χ1n) is 2.56. The number of rotatable bonds is 0. The zero-order valence-electron chi connectivity index (χ0n) is 5.01. The first-order valence-corrected chi connectivity index (χ1v) is 2.56. The molecule has 0 aliphatic carbocycles. The van der Waals surface area contributed by atoms with E-state index >= 15 is 0 Å². The molecule has 0 saturated heterocycles. The summed E-state index contributed by atoms with van der Waals surface area (Å²) in [4.78, 5) is 14.3. The summed E-state index contributed by atoms with van der Waals surface area (Å²) >= 11 is 0. The zero-order valence-corrected chi connectivity index (χ0v) is 5.01. The van der Waals surface area contributed by atoms with Crippen LogP contribution in [0, 0.1) is 0 Å². The molecule has 9 heavy (non-hydrogen) atoms. The Kier molecular flexibility index (Phi) is 1.22. The van der Waals surface area contributed by atoms with Crippen molar-refractivity contribution in [2.75, 3.05) is 0 Å². The minimum atomic E-state index is -0.227. The van der Waals surface area contributed by atoms with Crippen LogP contribution in [0.1, 0.15) is 6.92 Å². The Morgan fingerprint density at radius 1 is 1.78 bits per heavy atom. The number of nitrogens with two attached hydrogens (primary N) is 1. The van der Waals surface area contributed by atoms with Crippen molar-refractivity contribution in [3.8, 4) is 0 Å². The van der Waals surface area contributed by atoms with Crippen LogP contribution in [0.25, 0.3) is 0 Å². The predicted molar refractivity (Wildman–Crippen MR) is 33.5 cm³/mol. The molecule has 1 heterocycles. The van der Waals surface area contributed by atoms with Gasteiger partial charge in [-0.25, -0.2) is 4.99 Å². The number of hydrogen-bond acceptors (Lipinski definition) is 3. The molecule has 4 nitrogen and oxygen atoms in total. The number of carbonyl (C=O) groups excluding carboxylic acids is 1. The van der Waals surface area contributed by atoms with Crippen LogP contribution in [0.15, 0.2) is 16.8 Å². The third-order valence-electron chi connectivity index (χ3n) is 0.989. The highest BCUT2D eigenvalue weighted by molar-refractivity contribution is 6.10. The van der Waals surface area contributed by atoms with Gasteiger partial charge in [-0.2, -0.15) is 0 Å². The quantitative estimate of drug-likeness (QED) is 0.422. The van der Waals surface area contributed by atoms with Crippen molar-refractivity contribution < 1.29 is 4.79 Å². The third-order valence-corrected chi connectivity index (χ3v) is 0.989. The van der Waals surface area contributed by atoms with Crippen molar-refractivity contribution in [1.29, 1.82) is 0 Å². The molecule has 0 aromatic carbocycles. The fourth-order valence-corrected chi connectivity index (χ4v) is 0.584. The van der Waals surface area contributed by atoms with Gasteiger partial charge in [-0.05, 0) is 6.92 Å². The highest BCUT2D eigenvalue weighted by Gasteiger charge is 2.15. The summed E-state index contributed by atoms with van der Waals surface area (Å²) in [5, 5.41) is 2.34. The molecule has 1 aliphatic rings. The molecule has 0 bridgehead atoms. The Hall–Kier alpha value is -1.32. The molecule has 1 amide bonds. The molecule has 48 valence electrons. The van der Waals surface area contributed by atoms with E-state index in [9.17, 15) is 4.79 Å². The van der Waals surface area contributed by atoms with E-state index in [2.05, 4.69) is 10.3 Å². The van der Waals surface area contributed by atoms with E-state index in [4.69, 9.17) is 5.73 Å². The minimum Gasteiger partial charge on any atom is -0.369 e. The van der Waals surface area contributed by atoms with E-state index in [1.165, 1.54) is 0 Å². The van der Waals surface area contributed by atoms with Crippen LogP contribution in [0.5, 0.6) is 0 Å². The first-order chi connectivity index (χ1) is 4.24. The molecule has 0 aromatic rings. The van der Waals surface area contributed by atoms with Crippen LogP contribution in [0.3, 0.4) is 0 Å². The van der Waals surface area contributed by atoms with Gasteiger partial charge in [-0.1, -0.05) is 6.08 Å². The van der Waals surface area contributed by atoms with Gasteiger partial charge in [0.2, 0.25) is 5.96 Å². The standard InChI is InChI=1S/C5H7N3O/c1-2-3-4(9)8-5(6)7-3/h2H,1H3,(H3,6,7,8,9)/b3-2-. The van der Waals surface area contributed by atoms with Gasteiger partial charge in [0.1, 0.15) is 5.70 Å². The van der Waals surface area contributed by atoms with Gasteiger partial charge < -0.3 is 5.73 Å². The first kappa shape index (κ1) is 5.81. The van der Waals surface area contributed by atoms with Gasteiger partial charge in [0.15, 0.2) is 0 Å². The van der Waals surface area contributed by atoms with Gasteiger partial charge in [0, 0.05) is 0 Å². The number of allylic oxidation sites excluding steroid dienone is 1. The molecule has 1 aliphatic heterocycles. The second-order valence-electron chi connectivity index (χ2n) is 1.63. The lowest BCUT2D eigenvalue weighted by atomic mass is 10.4. The van der Waals surface area contributed by atoms with Gasteiger partial charge in [-0.15, -0.1) is 0 Å². The van der Waals surface area contributed by atoms with Crippen LogP contribution < -0.4 is 11.1 Å². The van der Waals surface area contributed by atoms with Gasteiger partial charge >= 0.3 is 0 Å². The van der Waals surface area contributed by atoms with Crippen LogP contribution in [-0.4, -0.2) is 11.9 Å². The number of nitrogens with zero attached hydrogens (tertiary/aromatic N) is 1. The summed E-state index contributed by atoms with van der Waals surface area (Å²) in [6, 6.07) is 0. The second-order valence-corrected chi connectivity index (χ2v) is 1.63. The van der Waals surface area contributed by atoms with E-state index in [0.29, 0.717) is 5.70 Å². The van der Waals surface area contributed by atoms with Gasteiger partial charge in [0.05, 0.1) is 0 Å². The van der Waals surface area contributed by atoms with Crippen molar-refractivity contribution >= 4 is 11.9 Å². The summed E-state index contributed by atoms with van der Waals surface area (Å²) in [6.45, 7) is 1.73. The molecule has 0 spiro atoms. The van der Waals surface area contributed by atoms with E-state index in [0.717, 1.165) is 0 Å². The molecule has 0 radical (unpaired) electrons. The normalized spacial score (nSPS) is 22.1. The monoisotopic (exact) mass is 125 g/mol. The maximum atomic E-state index is 10.6. The molecular weight excluding hydrogens is 118 g/mol. The Bertz CT molecular complexity index is 204. The number of guanidine groups is 1. The van der Waals surface area contributed by atoms with Crippen LogP contribution in [-0.2, 0) is 4.79 Å². The molecule has 3 N–H and O–H groups in total. The summed E-state index contributed by atoms with van der Waals surface area (Å²) in [5.74, 6) is -0.0527. The molecule has 0 saturated carbocycles. The minimum absolute atomic E-state index is 0.174. The van der Waals surface area contributed by atoms with Gasteiger partial charge in [-0.3, -0.25) is 10.1 Å². The number of nitrogens with one attached hydrogen (secondary N) is 1. The fraction of sp³-hybridized carbons (Fsp3) is 0.200. The lowest BCUT2D eigenvalue weighted by molar-refractivity contribution is -0.115. The SMILES string of the molecule is C/C=C1\N=C(N)NC1=O. The van der Waals surface area contributed by atoms with Crippen molar-refractivity contribution in [3.05, 3.63) is 11.8 Å². The van der Waals surface area contributed by atoms with Crippen molar-refractivity contribution in [1.82, 2.24) is 5.32 Å². The molecule has 0 aromatic heterocycles. The number of amides is 1.